The molecule has 1 aliphatic carbocycles. The number of nitrogens with one attached hydrogen (secondary N) is 1. The van der Waals surface area contributed by atoms with E-state index in [2.05, 4.69) is 5.32 Å². The number of rotatable bonds is 7. The largest absolute Gasteiger partial charge is 0.355 e. The highest BCUT2D eigenvalue weighted by Crippen LogP contribution is 2.31. The van der Waals surface area contributed by atoms with Gasteiger partial charge in [0.1, 0.15) is 0 Å². The zero-order chi connectivity index (χ0) is 8.81. The summed E-state index contributed by atoms with van der Waals surface area (Å²) in [4.78, 5) is 0. The molecule has 3 heteroatoms. The lowest BCUT2D eigenvalue weighted by molar-refractivity contribution is -0.0986. The Hall–Kier alpha value is -0.120. The molecule has 1 fully saturated rings. The Labute approximate surface area is 74.4 Å². The van der Waals surface area contributed by atoms with E-state index in [4.69, 9.17) is 9.47 Å². The van der Waals surface area contributed by atoms with Gasteiger partial charge in [0.25, 0.3) is 0 Å². The summed E-state index contributed by atoms with van der Waals surface area (Å²) in [6, 6.07) is 0. The summed E-state index contributed by atoms with van der Waals surface area (Å²) >= 11 is 0. The van der Waals surface area contributed by atoms with E-state index in [1.807, 2.05) is 0 Å². The Bertz CT molecular complexity index is 111. The first kappa shape index (κ1) is 9.96. The van der Waals surface area contributed by atoms with Crippen molar-refractivity contribution in [3.05, 3.63) is 0 Å². The van der Waals surface area contributed by atoms with Crippen molar-refractivity contribution < 1.29 is 9.47 Å². The summed E-state index contributed by atoms with van der Waals surface area (Å²) in [5.41, 5.74) is 0. The maximum Gasteiger partial charge on any atom is 0.169 e. The Morgan fingerprint density at radius 2 is 2.00 bits per heavy atom. The summed E-state index contributed by atoms with van der Waals surface area (Å²) in [7, 11) is 3.33. The van der Waals surface area contributed by atoms with Crippen LogP contribution in [0.3, 0.4) is 0 Å². The standard InChI is InChI=1S/C9H19NO2/c1-11-9(12-2)7-10-6-5-8-3-4-8/h8-10H,3-7H2,1-2H3. The first-order valence-electron chi connectivity index (χ1n) is 4.63. The molecule has 0 aromatic rings. The van der Waals surface area contributed by atoms with Crippen LogP contribution < -0.4 is 5.32 Å². The Kier molecular flexibility index (Phi) is 4.58. The third kappa shape index (κ3) is 4.04. The van der Waals surface area contributed by atoms with Gasteiger partial charge in [-0.25, -0.2) is 0 Å². The van der Waals surface area contributed by atoms with E-state index in [0.29, 0.717) is 0 Å². The number of hydrogen-bond donors (Lipinski definition) is 1. The normalized spacial score (nSPS) is 17.2. The van der Waals surface area contributed by atoms with Crippen molar-refractivity contribution in [2.24, 2.45) is 5.92 Å². The van der Waals surface area contributed by atoms with Gasteiger partial charge < -0.3 is 14.8 Å². The Morgan fingerprint density at radius 1 is 1.33 bits per heavy atom. The van der Waals surface area contributed by atoms with E-state index < -0.39 is 0 Å². The fourth-order valence-electron chi connectivity index (χ4n) is 1.20. The second-order valence-electron chi connectivity index (χ2n) is 3.34. The summed E-state index contributed by atoms with van der Waals surface area (Å²) in [5.74, 6) is 1.00. The molecule has 0 heterocycles. The minimum atomic E-state index is -0.0933. The second-order valence-corrected chi connectivity index (χ2v) is 3.34. The fraction of sp³-hybridized carbons (Fsp3) is 1.00. The molecule has 1 aliphatic rings. The van der Waals surface area contributed by atoms with Gasteiger partial charge in [0.15, 0.2) is 6.29 Å². The average Bonchev–Trinajstić information content (AvgIpc) is 2.89. The monoisotopic (exact) mass is 173 g/mol. The van der Waals surface area contributed by atoms with E-state index in [9.17, 15) is 0 Å². The van der Waals surface area contributed by atoms with Crippen molar-refractivity contribution in [2.75, 3.05) is 27.3 Å². The predicted molar refractivity (Wildman–Crippen MR) is 48.0 cm³/mol. The van der Waals surface area contributed by atoms with Gasteiger partial charge in [0, 0.05) is 20.8 Å². The highest BCUT2D eigenvalue weighted by atomic mass is 16.7. The van der Waals surface area contributed by atoms with Gasteiger partial charge in [0.05, 0.1) is 0 Å². The van der Waals surface area contributed by atoms with Crippen molar-refractivity contribution >= 4 is 0 Å². The maximum atomic E-state index is 5.04. The van der Waals surface area contributed by atoms with Crippen molar-refractivity contribution in [2.45, 2.75) is 25.6 Å². The lowest BCUT2D eigenvalue weighted by Gasteiger charge is -2.13. The minimum Gasteiger partial charge on any atom is -0.355 e. The lowest BCUT2D eigenvalue weighted by atomic mass is 10.3. The summed E-state index contributed by atoms with van der Waals surface area (Å²) in [6.45, 7) is 1.88. The van der Waals surface area contributed by atoms with E-state index in [1.165, 1.54) is 19.3 Å². The first-order chi connectivity index (χ1) is 5.86. The van der Waals surface area contributed by atoms with Gasteiger partial charge in [-0.1, -0.05) is 12.8 Å². The van der Waals surface area contributed by atoms with Crippen molar-refractivity contribution in [3.63, 3.8) is 0 Å². The first-order valence-corrected chi connectivity index (χ1v) is 4.63. The molecule has 0 radical (unpaired) electrons. The molecule has 0 aliphatic heterocycles. The van der Waals surface area contributed by atoms with Crippen LogP contribution in [0.4, 0.5) is 0 Å². The highest BCUT2D eigenvalue weighted by Gasteiger charge is 2.20. The van der Waals surface area contributed by atoms with Gasteiger partial charge in [-0.15, -0.1) is 0 Å². The molecule has 0 saturated heterocycles. The fourth-order valence-corrected chi connectivity index (χ4v) is 1.20. The molecule has 1 rings (SSSR count). The molecule has 3 nitrogen and oxygen atoms in total. The van der Waals surface area contributed by atoms with Crippen LogP contribution in [0.15, 0.2) is 0 Å². The van der Waals surface area contributed by atoms with Crippen molar-refractivity contribution in [1.29, 1.82) is 0 Å². The molecule has 0 aromatic carbocycles. The summed E-state index contributed by atoms with van der Waals surface area (Å²) in [5, 5.41) is 3.31. The lowest BCUT2D eigenvalue weighted by Crippen LogP contribution is -2.30. The molecule has 0 bridgehead atoms. The topological polar surface area (TPSA) is 30.5 Å². The second kappa shape index (κ2) is 5.51. The van der Waals surface area contributed by atoms with Crippen LogP contribution in [-0.4, -0.2) is 33.6 Å². The van der Waals surface area contributed by atoms with Crippen LogP contribution in [-0.2, 0) is 9.47 Å². The SMILES string of the molecule is COC(CNCCC1CC1)OC. The molecule has 12 heavy (non-hydrogen) atoms. The average molecular weight is 173 g/mol. The molecule has 1 N–H and O–H groups in total. The van der Waals surface area contributed by atoms with Gasteiger partial charge in [-0.3, -0.25) is 0 Å². The minimum absolute atomic E-state index is 0.0933. The van der Waals surface area contributed by atoms with Crippen LogP contribution >= 0.6 is 0 Å². The van der Waals surface area contributed by atoms with Crippen LogP contribution in [0.5, 0.6) is 0 Å². The van der Waals surface area contributed by atoms with Crippen LogP contribution in [0.2, 0.25) is 0 Å². The van der Waals surface area contributed by atoms with Crippen molar-refractivity contribution in [1.82, 2.24) is 5.32 Å². The van der Waals surface area contributed by atoms with Gasteiger partial charge in [0.2, 0.25) is 0 Å². The molecule has 0 spiro atoms. The molecule has 1 saturated carbocycles. The Balaban J connectivity index is 1.85. The van der Waals surface area contributed by atoms with Gasteiger partial charge in [-0.2, -0.15) is 0 Å². The molecule has 0 aromatic heterocycles. The van der Waals surface area contributed by atoms with E-state index >= 15 is 0 Å². The highest BCUT2D eigenvalue weighted by molar-refractivity contribution is 4.73. The van der Waals surface area contributed by atoms with Crippen molar-refractivity contribution in [3.8, 4) is 0 Å². The molecular weight excluding hydrogens is 154 g/mol. The zero-order valence-electron chi connectivity index (χ0n) is 8.01. The summed E-state index contributed by atoms with van der Waals surface area (Å²) < 4.78 is 10.1. The Morgan fingerprint density at radius 3 is 2.50 bits per heavy atom. The number of ether oxygens (including phenoxy) is 2. The zero-order valence-corrected chi connectivity index (χ0v) is 8.01. The van der Waals surface area contributed by atoms with Crippen LogP contribution in [0.25, 0.3) is 0 Å². The third-order valence-electron chi connectivity index (χ3n) is 2.26. The predicted octanol–water partition coefficient (Wildman–Crippen LogP) is 0.995. The summed E-state index contributed by atoms with van der Waals surface area (Å²) in [6.07, 6.45) is 4.07. The quantitative estimate of drug-likeness (QED) is 0.460. The molecule has 0 amide bonds. The van der Waals surface area contributed by atoms with E-state index in [1.54, 1.807) is 14.2 Å². The van der Waals surface area contributed by atoms with Crippen LogP contribution in [0.1, 0.15) is 19.3 Å². The smallest absolute Gasteiger partial charge is 0.169 e. The molecule has 72 valence electrons. The number of methoxy groups -OCH3 is 2. The molecule has 0 unspecified atom stereocenters. The number of hydrogen-bond acceptors (Lipinski definition) is 3. The van der Waals surface area contributed by atoms with E-state index in [0.717, 1.165) is 19.0 Å². The third-order valence-corrected chi connectivity index (χ3v) is 2.26. The van der Waals surface area contributed by atoms with Gasteiger partial charge in [-0.05, 0) is 18.9 Å². The van der Waals surface area contributed by atoms with E-state index in [-0.39, 0.29) is 6.29 Å². The van der Waals surface area contributed by atoms with Crippen LogP contribution in [0, 0.1) is 5.92 Å². The maximum absolute atomic E-state index is 5.04. The molecular formula is C9H19NO2. The molecule has 0 atom stereocenters. The van der Waals surface area contributed by atoms with Gasteiger partial charge >= 0.3 is 0 Å².